The predicted octanol–water partition coefficient (Wildman–Crippen LogP) is 4.35. The van der Waals surface area contributed by atoms with Gasteiger partial charge >= 0.3 is 0 Å². The molecule has 0 amide bonds. The topological polar surface area (TPSA) is 52.0 Å². The lowest BCUT2D eigenvalue weighted by Crippen LogP contribution is -1.92. The third kappa shape index (κ3) is 2.26. The van der Waals surface area contributed by atoms with Crippen LogP contribution in [0.3, 0.4) is 0 Å². The molecule has 0 aliphatic carbocycles. The normalized spacial score (nSPS) is 11.1. The second kappa shape index (κ2) is 4.59. The second-order valence-corrected chi connectivity index (χ2v) is 4.91. The highest BCUT2D eigenvalue weighted by molar-refractivity contribution is 6.42. The van der Waals surface area contributed by atoms with E-state index in [0.29, 0.717) is 15.9 Å². The van der Waals surface area contributed by atoms with Crippen LogP contribution in [0.4, 0.5) is 5.82 Å². The van der Waals surface area contributed by atoms with Gasteiger partial charge in [0.1, 0.15) is 5.76 Å². The summed E-state index contributed by atoms with van der Waals surface area (Å²) in [6.45, 7) is 4.03. The lowest BCUT2D eigenvalue weighted by Gasteiger charge is -2.06. The lowest BCUT2D eigenvalue weighted by molar-refractivity contribution is 0.374. The largest absolute Gasteiger partial charge is 0.380 e. The molecule has 5 heteroatoms. The van der Waals surface area contributed by atoms with Crippen molar-refractivity contribution in [3.05, 3.63) is 34.0 Å². The SMILES string of the molecule is CC(C)c1onc(N)c1-c1ccc(Cl)c(Cl)c1. The number of anilines is 1. The number of rotatable bonds is 2. The number of benzene rings is 1. The molecule has 17 heavy (non-hydrogen) atoms. The van der Waals surface area contributed by atoms with Crippen molar-refractivity contribution in [2.75, 3.05) is 5.73 Å². The van der Waals surface area contributed by atoms with E-state index in [4.69, 9.17) is 33.5 Å². The third-order valence-corrected chi connectivity index (χ3v) is 3.22. The van der Waals surface area contributed by atoms with Crippen LogP contribution in [-0.2, 0) is 0 Å². The molecule has 0 aliphatic heterocycles. The molecule has 0 spiro atoms. The average Bonchev–Trinajstić information content (AvgIpc) is 2.64. The summed E-state index contributed by atoms with van der Waals surface area (Å²) >= 11 is 11.9. The zero-order valence-electron chi connectivity index (χ0n) is 9.50. The van der Waals surface area contributed by atoms with Crippen LogP contribution in [0.25, 0.3) is 11.1 Å². The van der Waals surface area contributed by atoms with Gasteiger partial charge in [-0.25, -0.2) is 0 Å². The van der Waals surface area contributed by atoms with Gasteiger partial charge in [0.2, 0.25) is 0 Å². The van der Waals surface area contributed by atoms with Crippen LogP contribution >= 0.6 is 23.2 Å². The molecule has 0 saturated carbocycles. The number of halogens is 2. The summed E-state index contributed by atoms with van der Waals surface area (Å²) in [4.78, 5) is 0. The molecule has 3 nitrogen and oxygen atoms in total. The second-order valence-electron chi connectivity index (χ2n) is 4.09. The molecule has 0 bridgehead atoms. The first kappa shape index (κ1) is 12.3. The van der Waals surface area contributed by atoms with Gasteiger partial charge in [0.15, 0.2) is 5.82 Å². The first-order valence-corrected chi connectivity index (χ1v) is 5.96. The van der Waals surface area contributed by atoms with Crippen molar-refractivity contribution in [3.8, 4) is 11.1 Å². The van der Waals surface area contributed by atoms with Crippen LogP contribution in [-0.4, -0.2) is 5.16 Å². The molecule has 0 atom stereocenters. The summed E-state index contributed by atoms with van der Waals surface area (Å²) in [5.74, 6) is 1.32. The van der Waals surface area contributed by atoms with Gasteiger partial charge < -0.3 is 10.3 Å². The van der Waals surface area contributed by atoms with Gasteiger partial charge in [0.25, 0.3) is 0 Å². The van der Waals surface area contributed by atoms with Crippen molar-refractivity contribution in [1.82, 2.24) is 5.16 Å². The van der Waals surface area contributed by atoms with E-state index in [1.54, 1.807) is 12.1 Å². The Morgan fingerprint density at radius 1 is 1.24 bits per heavy atom. The fourth-order valence-electron chi connectivity index (χ4n) is 1.65. The summed E-state index contributed by atoms with van der Waals surface area (Å²) in [5.41, 5.74) is 7.47. The first-order valence-electron chi connectivity index (χ1n) is 5.21. The van der Waals surface area contributed by atoms with Crippen LogP contribution in [0.1, 0.15) is 25.5 Å². The van der Waals surface area contributed by atoms with Crippen LogP contribution < -0.4 is 5.73 Å². The molecule has 1 aromatic heterocycles. The molecular formula is C12H12Cl2N2O. The minimum Gasteiger partial charge on any atom is -0.380 e. The van der Waals surface area contributed by atoms with E-state index in [2.05, 4.69) is 5.16 Å². The lowest BCUT2D eigenvalue weighted by atomic mass is 10.00. The highest BCUT2D eigenvalue weighted by atomic mass is 35.5. The molecule has 2 N–H and O–H groups in total. The third-order valence-electron chi connectivity index (χ3n) is 2.48. The molecular weight excluding hydrogens is 259 g/mol. The molecule has 0 unspecified atom stereocenters. The Labute approximate surface area is 109 Å². The van der Waals surface area contributed by atoms with Gasteiger partial charge in [0.05, 0.1) is 15.6 Å². The minimum atomic E-state index is 0.198. The van der Waals surface area contributed by atoms with Crippen molar-refractivity contribution in [1.29, 1.82) is 0 Å². The van der Waals surface area contributed by atoms with Crippen molar-refractivity contribution < 1.29 is 4.52 Å². The van der Waals surface area contributed by atoms with Gasteiger partial charge in [-0.05, 0) is 17.7 Å². The molecule has 0 fully saturated rings. The Balaban J connectivity index is 2.59. The molecule has 0 saturated heterocycles. The number of aromatic nitrogens is 1. The number of nitrogen functional groups attached to an aromatic ring is 1. The number of hydrogen-bond donors (Lipinski definition) is 1. The summed E-state index contributed by atoms with van der Waals surface area (Å²) in [6, 6.07) is 5.34. The molecule has 1 heterocycles. The van der Waals surface area contributed by atoms with Crippen molar-refractivity contribution >= 4 is 29.0 Å². The monoisotopic (exact) mass is 270 g/mol. The quantitative estimate of drug-likeness (QED) is 0.883. The maximum Gasteiger partial charge on any atom is 0.175 e. The average molecular weight is 271 g/mol. The fourth-order valence-corrected chi connectivity index (χ4v) is 1.95. The van der Waals surface area contributed by atoms with Crippen LogP contribution in [0, 0.1) is 0 Å². The number of nitrogens with two attached hydrogens (primary N) is 1. The van der Waals surface area contributed by atoms with E-state index in [1.807, 2.05) is 19.9 Å². The molecule has 2 rings (SSSR count). The van der Waals surface area contributed by atoms with Gasteiger partial charge in [-0.3, -0.25) is 0 Å². The maximum absolute atomic E-state index is 5.99. The number of hydrogen-bond acceptors (Lipinski definition) is 3. The molecule has 2 aromatic rings. The van der Waals surface area contributed by atoms with E-state index in [9.17, 15) is 0 Å². The predicted molar refractivity (Wildman–Crippen MR) is 70.5 cm³/mol. The highest BCUT2D eigenvalue weighted by Crippen LogP contribution is 2.36. The zero-order chi connectivity index (χ0) is 12.6. The van der Waals surface area contributed by atoms with Crippen LogP contribution in [0.5, 0.6) is 0 Å². The highest BCUT2D eigenvalue weighted by Gasteiger charge is 2.18. The van der Waals surface area contributed by atoms with E-state index >= 15 is 0 Å². The fraction of sp³-hybridized carbons (Fsp3) is 0.250. The van der Waals surface area contributed by atoms with Crippen LogP contribution in [0.15, 0.2) is 22.7 Å². The van der Waals surface area contributed by atoms with Gasteiger partial charge in [-0.1, -0.05) is 48.3 Å². The molecule has 90 valence electrons. The Morgan fingerprint density at radius 3 is 2.53 bits per heavy atom. The summed E-state index contributed by atoms with van der Waals surface area (Å²) in [7, 11) is 0. The number of nitrogens with zero attached hydrogens (tertiary/aromatic N) is 1. The molecule has 0 aliphatic rings. The zero-order valence-corrected chi connectivity index (χ0v) is 11.0. The van der Waals surface area contributed by atoms with E-state index in [0.717, 1.165) is 16.9 Å². The van der Waals surface area contributed by atoms with Gasteiger partial charge in [0, 0.05) is 5.92 Å². The van der Waals surface area contributed by atoms with E-state index in [1.165, 1.54) is 0 Å². The van der Waals surface area contributed by atoms with Gasteiger partial charge in [-0.15, -0.1) is 0 Å². The summed E-state index contributed by atoms with van der Waals surface area (Å²) in [6.07, 6.45) is 0. The Morgan fingerprint density at radius 2 is 1.94 bits per heavy atom. The minimum absolute atomic E-state index is 0.198. The van der Waals surface area contributed by atoms with E-state index in [-0.39, 0.29) is 5.92 Å². The molecule has 0 radical (unpaired) electrons. The smallest absolute Gasteiger partial charge is 0.175 e. The maximum atomic E-state index is 5.99. The van der Waals surface area contributed by atoms with Crippen LogP contribution in [0.2, 0.25) is 10.0 Å². The van der Waals surface area contributed by atoms with Crippen molar-refractivity contribution in [2.45, 2.75) is 19.8 Å². The van der Waals surface area contributed by atoms with Crippen molar-refractivity contribution in [2.24, 2.45) is 0 Å². The Kier molecular flexibility index (Phi) is 3.31. The standard InChI is InChI=1S/C12H12Cl2N2O/c1-6(2)11-10(12(15)16-17-11)7-3-4-8(13)9(14)5-7/h3-6H,1-2H3,(H2,15,16). The van der Waals surface area contributed by atoms with Gasteiger partial charge in [-0.2, -0.15) is 0 Å². The summed E-state index contributed by atoms with van der Waals surface area (Å²) < 4.78 is 5.23. The summed E-state index contributed by atoms with van der Waals surface area (Å²) in [5, 5.41) is 4.79. The van der Waals surface area contributed by atoms with E-state index < -0.39 is 0 Å². The Bertz CT molecular complexity index is 549. The van der Waals surface area contributed by atoms with Crippen molar-refractivity contribution in [3.63, 3.8) is 0 Å². The Hall–Kier alpha value is -1.19. The first-order chi connectivity index (χ1) is 8.00. The molecule has 1 aromatic carbocycles.